The third-order valence-electron chi connectivity index (χ3n) is 6.45. The number of allylic oxidation sites excluding steroid dienone is 6. The van der Waals surface area contributed by atoms with Crippen LogP contribution in [0.25, 0.3) is 0 Å². The lowest BCUT2D eigenvalue weighted by Gasteiger charge is -2.36. The highest BCUT2D eigenvalue weighted by atomic mass is 14.7. The van der Waals surface area contributed by atoms with Crippen molar-refractivity contribution < 1.29 is 0 Å². The van der Waals surface area contributed by atoms with Crippen LogP contribution < -0.4 is 11.5 Å². The van der Waals surface area contributed by atoms with Crippen molar-refractivity contribution in [3.8, 4) is 0 Å². The number of nitrogen functional groups attached to an aromatic ring is 2. The second kappa shape index (κ2) is 10.7. The summed E-state index contributed by atoms with van der Waals surface area (Å²) >= 11 is 0. The van der Waals surface area contributed by atoms with Crippen molar-refractivity contribution in [1.82, 2.24) is 0 Å². The zero-order valence-electron chi connectivity index (χ0n) is 19.4. The summed E-state index contributed by atoms with van der Waals surface area (Å²) in [6.07, 6.45) is 17.7. The summed E-state index contributed by atoms with van der Waals surface area (Å²) in [7, 11) is 0. The van der Waals surface area contributed by atoms with E-state index in [1.807, 2.05) is 6.07 Å². The molecule has 2 heteroatoms. The molecule has 160 valence electrons. The Hall–Kier alpha value is -1.96. The molecule has 29 heavy (non-hydrogen) atoms. The van der Waals surface area contributed by atoms with Crippen LogP contribution in [0.15, 0.2) is 47.1 Å². The van der Waals surface area contributed by atoms with Gasteiger partial charge >= 0.3 is 0 Å². The average Bonchev–Trinajstić information content (AvgIpc) is 2.65. The van der Waals surface area contributed by atoms with Crippen LogP contribution >= 0.6 is 0 Å². The number of rotatable bonds is 9. The van der Waals surface area contributed by atoms with Gasteiger partial charge in [0.1, 0.15) is 0 Å². The Balaban J connectivity index is 1.80. The van der Waals surface area contributed by atoms with Crippen LogP contribution in [-0.2, 0) is 12.8 Å². The fourth-order valence-corrected chi connectivity index (χ4v) is 4.34. The third kappa shape index (κ3) is 7.42. The van der Waals surface area contributed by atoms with Gasteiger partial charge in [0.15, 0.2) is 0 Å². The highest BCUT2D eigenvalue weighted by Crippen LogP contribution is 2.42. The summed E-state index contributed by atoms with van der Waals surface area (Å²) in [5.74, 6) is 0. The van der Waals surface area contributed by atoms with Crippen LogP contribution in [0, 0.1) is 5.41 Å². The molecule has 1 aliphatic rings. The number of fused-ring (bicyclic) bond motifs is 1. The van der Waals surface area contributed by atoms with Crippen LogP contribution in [0.2, 0.25) is 0 Å². The Kier molecular flexibility index (Phi) is 8.61. The molecule has 0 saturated carbocycles. The Labute approximate surface area is 179 Å². The van der Waals surface area contributed by atoms with Gasteiger partial charge in [-0.25, -0.2) is 0 Å². The molecule has 0 aliphatic heterocycles. The Morgan fingerprint density at radius 3 is 2.21 bits per heavy atom. The molecule has 2 rings (SSSR count). The van der Waals surface area contributed by atoms with Crippen LogP contribution in [0.5, 0.6) is 0 Å². The summed E-state index contributed by atoms with van der Waals surface area (Å²) in [5.41, 5.74) is 21.3. The van der Waals surface area contributed by atoms with Crippen molar-refractivity contribution >= 4 is 11.4 Å². The van der Waals surface area contributed by atoms with Crippen LogP contribution in [0.4, 0.5) is 11.4 Å². The van der Waals surface area contributed by atoms with Gasteiger partial charge < -0.3 is 11.5 Å². The summed E-state index contributed by atoms with van der Waals surface area (Å²) < 4.78 is 0. The minimum absolute atomic E-state index is 0.326. The first-order valence-corrected chi connectivity index (χ1v) is 11.3. The summed E-state index contributed by atoms with van der Waals surface area (Å²) in [6, 6.07) is 4.13. The first-order chi connectivity index (χ1) is 13.7. The maximum Gasteiger partial charge on any atom is 0.0583 e. The number of anilines is 2. The van der Waals surface area contributed by atoms with Crippen molar-refractivity contribution in [1.29, 1.82) is 0 Å². The van der Waals surface area contributed by atoms with E-state index in [0.717, 1.165) is 43.5 Å². The lowest BCUT2D eigenvalue weighted by Crippen LogP contribution is -2.26. The second-order valence-corrected chi connectivity index (χ2v) is 9.69. The molecule has 2 nitrogen and oxygen atoms in total. The average molecular weight is 395 g/mol. The predicted octanol–water partition coefficient (Wildman–Crippen LogP) is 7.55. The van der Waals surface area contributed by atoms with E-state index in [1.165, 1.54) is 53.5 Å². The number of aryl methyl sites for hydroxylation is 1. The number of hydrogen-bond acceptors (Lipinski definition) is 2. The molecule has 1 unspecified atom stereocenters. The molecule has 0 saturated heterocycles. The first-order valence-electron chi connectivity index (χ1n) is 11.3. The van der Waals surface area contributed by atoms with Gasteiger partial charge in [0.05, 0.1) is 11.4 Å². The molecule has 0 heterocycles. The SMILES string of the molecule is CC(C)=CCC/C(C)=C/CC/C(C)=C/CCC1(C)CCc2ccc(N)c(N)c2C1. The number of nitrogens with two attached hydrogens (primary N) is 2. The van der Waals surface area contributed by atoms with Crippen molar-refractivity contribution in [3.05, 3.63) is 58.2 Å². The van der Waals surface area contributed by atoms with Crippen molar-refractivity contribution in [2.45, 2.75) is 92.4 Å². The Morgan fingerprint density at radius 2 is 1.55 bits per heavy atom. The maximum atomic E-state index is 6.28. The van der Waals surface area contributed by atoms with E-state index >= 15 is 0 Å². The fourth-order valence-electron chi connectivity index (χ4n) is 4.34. The molecule has 0 amide bonds. The third-order valence-corrected chi connectivity index (χ3v) is 6.45. The monoisotopic (exact) mass is 394 g/mol. The fraction of sp³-hybridized carbons (Fsp3) is 0.556. The van der Waals surface area contributed by atoms with Crippen molar-refractivity contribution in [2.75, 3.05) is 11.5 Å². The van der Waals surface area contributed by atoms with Gasteiger partial charge in [0, 0.05) is 0 Å². The lowest BCUT2D eigenvalue weighted by atomic mass is 9.70. The highest BCUT2D eigenvalue weighted by molar-refractivity contribution is 5.69. The summed E-state index contributed by atoms with van der Waals surface area (Å²) in [5, 5.41) is 0. The molecule has 1 aromatic carbocycles. The van der Waals surface area contributed by atoms with Gasteiger partial charge in [0.2, 0.25) is 0 Å². The van der Waals surface area contributed by atoms with E-state index in [1.54, 1.807) is 0 Å². The van der Waals surface area contributed by atoms with E-state index in [4.69, 9.17) is 11.5 Å². The lowest BCUT2D eigenvalue weighted by molar-refractivity contribution is 0.258. The van der Waals surface area contributed by atoms with Gasteiger partial charge in [-0.2, -0.15) is 0 Å². The summed E-state index contributed by atoms with van der Waals surface area (Å²) in [4.78, 5) is 0. The zero-order chi connectivity index (χ0) is 21.4. The van der Waals surface area contributed by atoms with Gasteiger partial charge in [0.25, 0.3) is 0 Å². The van der Waals surface area contributed by atoms with E-state index in [2.05, 4.69) is 58.9 Å². The molecule has 1 aliphatic carbocycles. The van der Waals surface area contributed by atoms with E-state index in [0.29, 0.717) is 5.41 Å². The predicted molar refractivity (Wildman–Crippen MR) is 130 cm³/mol. The molecule has 0 bridgehead atoms. The van der Waals surface area contributed by atoms with E-state index in [9.17, 15) is 0 Å². The Morgan fingerprint density at radius 1 is 0.931 bits per heavy atom. The van der Waals surface area contributed by atoms with Crippen LogP contribution in [0.3, 0.4) is 0 Å². The Bertz CT molecular complexity index is 778. The standard InChI is InChI=1S/C27H42N2/c1-20(2)9-6-10-21(3)11-7-12-22(4)13-8-17-27(5)18-16-23-14-15-25(28)26(29)24(23)19-27/h9,11,13-15H,6-8,10,12,16-19,28-29H2,1-5H3/b21-11+,22-13+. The molecule has 0 radical (unpaired) electrons. The topological polar surface area (TPSA) is 52.0 Å². The van der Waals surface area contributed by atoms with Gasteiger partial charge in [-0.1, -0.05) is 47.9 Å². The smallest absolute Gasteiger partial charge is 0.0583 e. The molecule has 0 spiro atoms. The van der Waals surface area contributed by atoms with Crippen molar-refractivity contribution in [3.63, 3.8) is 0 Å². The second-order valence-electron chi connectivity index (χ2n) is 9.69. The maximum absolute atomic E-state index is 6.28. The van der Waals surface area contributed by atoms with E-state index in [-0.39, 0.29) is 0 Å². The molecule has 0 aromatic heterocycles. The molecule has 0 fully saturated rings. The number of benzene rings is 1. The molecule has 1 aromatic rings. The quantitative estimate of drug-likeness (QED) is 0.335. The van der Waals surface area contributed by atoms with E-state index < -0.39 is 0 Å². The van der Waals surface area contributed by atoms with Gasteiger partial charge in [-0.05, 0) is 108 Å². The minimum atomic E-state index is 0.326. The molecule has 4 N–H and O–H groups in total. The summed E-state index contributed by atoms with van der Waals surface area (Å²) in [6.45, 7) is 11.3. The van der Waals surface area contributed by atoms with Gasteiger partial charge in [-0.15, -0.1) is 0 Å². The molecular formula is C27H42N2. The van der Waals surface area contributed by atoms with Crippen LogP contribution in [0.1, 0.15) is 90.7 Å². The van der Waals surface area contributed by atoms with Gasteiger partial charge in [-0.3, -0.25) is 0 Å². The van der Waals surface area contributed by atoms with Crippen LogP contribution in [-0.4, -0.2) is 0 Å². The normalized spacial score (nSPS) is 19.8. The molecule has 1 atom stereocenters. The zero-order valence-corrected chi connectivity index (χ0v) is 19.4. The molecular weight excluding hydrogens is 352 g/mol. The van der Waals surface area contributed by atoms with Crippen molar-refractivity contribution in [2.24, 2.45) is 5.41 Å². The minimum Gasteiger partial charge on any atom is -0.397 e. The largest absolute Gasteiger partial charge is 0.397 e. The highest BCUT2D eigenvalue weighted by Gasteiger charge is 2.30. The first kappa shape index (κ1) is 23.3. The number of hydrogen-bond donors (Lipinski definition) is 2.